The summed E-state index contributed by atoms with van der Waals surface area (Å²) in [6.07, 6.45) is 5.34. The molecule has 0 aliphatic carbocycles. The Bertz CT molecular complexity index is 1210. The van der Waals surface area contributed by atoms with Crippen molar-refractivity contribution in [2.24, 2.45) is 0 Å². The Kier molecular flexibility index (Phi) is 5.08. The summed E-state index contributed by atoms with van der Waals surface area (Å²) in [5.41, 5.74) is 3.45. The summed E-state index contributed by atoms with van der Waals surface area (Å²) in [5.74, 6) is 1.90. The number of hydrogen-bond donors (Lipinski definition) is 0. The van der Waals surface area contributed by atoms with E-state index in [1.54, 1.807) is 19.4 Å². The summed E-state index contributed by atoms with van der Waals surface area (Å²) in [7, 11) is 1.67. The van der Waals surface area contributed by atoms with Crippen molar-refractivity contribution >= 4 is 11.6 Å². The van der Waals surface area contributed by atoms with Crippen LogP contribution >= 0.6 is 0 Å². The van der Waals surface area contributed by atoms with Gasteiger partial charge in [-0.1, -0.05) is 18.2 Å². The molecule has 0 saturated carbocycles. The van der Waals surface area contributed by atoms with Crippen LogP contribution in [0.5, 0.6) is 5.75 Å². The molecular weight excluding hydrogens is 390 g/mol. The van der Waals surface area contributed by atoms with E-state index in [0.717, 1.165) is 41.2 Å². The summed E-state index contributed by atoms with van der Waals surface area (Å²) in [6, 6.07) is 17.4. The average molecular weight is 413 g/mol. The molecule has 1 aliphatic heterocycles. The standard InChI is InChI=1S/C24H23N5O2/c1-31-20-6-4-5-18(15-20)19-8-9-22-26-23(27-29(22)16-19)17-10-13-28(14-11-17)24(30)21-7-2-3-12-25-21/h2-9,12,15-17H,10-11,13-14H2,1H3. The van der Waals surface area contributed by atoms with Gasteiger partial charge in [0.1, 0.15) is 11.4 Å². The number of pyridine rings is 2. The number of carbonyl (C=O) groups excluding carboxylic acids is 1. The predicted octanol–water partition coefficient (Wildman–Crippen LogP) is 3.82. The van der Waals surface area contributed by atoms with Crippen LogP contribution in [-0.2, 0) is 0 Å². The lowest BCUT2D eigenvalue weighted by Gasteiger charge is -2.30. The van der Waals surface area contributed by atoms with Crippen molar-refractivity contribution in [2.45, 2.75) is 18.8 Å². The maximum Gasteiger partial charge on any atom is 0.272 e. The van der Waals surface area contributed by atoms with Crippen molar-refractivity contribution in [1.82, 2.24) is 24.5 Å². The highest BCUT2D eigenvalue weighted by atomic mass is 16.5. The Morgan fingerprint density at radius 2 is 1.90 bits per heavy atom. The van der Waals surface area contributed by atoms with Crippen LogP contribution in [0.3, 0.4) is 0 Å². The molecular formula is C24H23N5O2. The molecule has 1 aliphatic rings. The van der Waals surface area contributed by atoms with Crippen LogP contribution in [0.25, 0.3) is 16.8 Å². The molecule has 0 radical (unpaired) electrons. The highest BCUT2D eigenvalue weighted by Crippen LogP contribution is 2.28. The molecule has 0 spiro atoms. The summed E-state index contributed by atoms with van der Waals surface area (Å²) in [4.78, 5) is 23.4. The molecule has 1 fully saturated rings. The lowest BCUT2D eigenvalue weighted by Crippen LogP contribution is -2.38. The minimum atomic E-state index is -0.00931. The molecule has 5 rings (SSSR count). The molecule has 0 N–H and O–H groups in total. The Balaban J connectivity index is 1.31. The van der Waals surface area contributed by atoms with Gasteiger partial charge < -0.3 is 9.64 Å². The highest BCUT2D eigenvalue weighted by molar-refractivity contribution is 5.92. The van der Waals surface area contributed by atoms with Gasteiger partial charge in [-0.15, -0.1) is 0 Å². The minimum Gasteiger partial charge on any atom is -0.497 e. The number of aromatic nitrogens is 4. The van der Waals surface area contributed by atoms with E-state index in [2.05, 4.69) is 17.1 Å². The first-order valence-electron chi connectivity index (χ1n) is 10.4. The maximum atomic E-state index is 12.6. The third-order valence-electron chi connectivity index (χ3n) is 5.78. The normalized spacial score (nSPS) is 14.7. The zero-order valence-corrected chi connectivity index (χ0v) is 17.3. The molecule has 0 atom stereocenters. The molecule has 7 nitrogen and oxygen atoms in total. The molecule has 0 unspecified atom stereocenters. The fourth-order valence-electron chi connectivity index (χ4n) is 4.04. The van der Waals surface area contributed by atoms with Gasteiger partial charge in [-0.3, -0.25) is 9.78 Å². The van der Waals surface area contributed by atoms with Gasteiger partial charge in [-0.05, 0) is 54.8 Å². The van der Waals surface area contributed by atoms with Gasteiger partial charge in [0.2, 0.25) is 0 Å². The second-order valence-corrected chi connectivity index (χ2v) is 7.70. The zero-order chi connectivity index (χ0) is 21.2. The quantitative estimate of drug-likeness (QED) is 0.509. The number of piperidine rings is 1. The number of methoxy groups -OCH3 is 1. The van der Waals surface area contributed by atoms with Crippen LogP contribution < -0.4 is 4.74 Å². The smallest absolute Gasteiger partial charge is 0.272 e. The molecule has 4 aromatic rings. The second-order valence-electron chi connectivity index (χ2n) is 7.70. The first-order chi connectivity index (χ1) is 15.2. The first kappa shape index (κ1) is 19.2. The van der Waals surface area contributed by atoms with Crippen LogP contribution in [0.1, 0.15) is 35.1 Å². The lowest BCUT2D eigenvalue weighted by atomic mass is 9.96. The summed E-state index contributed by atoms with van der Waals surface area (Å²) in [5, 5.41) is 4.75. The van der Waals surface area contributed by atoms with E-state index >= 15 is 0 Å². The van der Waals surface area contributed by atoms with Crippen molar-refractivity contribution in [1.29, 1.82) is 0 Å². The number of carbonyl (C=O) groups is 1. The second kappa shape index (κ2) is 8.18. The predicted molar refractivity (Wildman–Crippen MR) is 117 cm³/mol. The monoisotopic (exact) mass is 413 g/mol. The summed E-state index contributed by atoms with van der Waals surface area (Å²) >= 11 is 0. The number of rotatable bonds is 4. The van der Waals surface area contributed by atoms with E-state index < -0.39 is 0 Å². The number of fused-ring (bicyclic) bond motifs is 1. The van der Waals surface area contributed by atoms with Crippen molar-refractivity contribution in [3.05, 3.63) is 78.5 Å². The molecule has 7 heteroatoms. The molecule has 1 saturated heterocycles. The van der Waals surface area contributed by atoms with Gasteiger partial charge in [0, 0.05) is 37.0 Å². The van der Waals surface area contributed by atoms with E-state index in [1.807, 2.05) is 52.0 Å². The first-order valence-corrected chi connectivity index (χ1v) is 10.4. The van der Waals surface area contributed by atoms with Crippen molar-refractivity contribution < 1.29 is 9.53 Å². The van der Waals surface area contributed by atoms with E-state index in [9.17, 15) is 4.79 Å². The van der Waals surface area contributed by atoms with Gasteiger partial charge in [-0.25, -0.2) is 9.50 Å². The van der Waals surface area contributed by atoms with Crippen molar-refractivity contribution in [2.75, 3.05) is 20.2 Å². The van der Waals surface area contributed by atoms with Crippen LogP contribution in [0.15, 0.2) is 67.0 Å². The fraction of sp³-hybridized carbons (Fsp3) is 0.250. The third-order valence-corrected chi connectivity index (χ3v) is 5.78. The molecule has 1 aromatic carbocycles. The van der Waals surface area contributed by atoms with Gasteiger partial charge >= 0.3 is 0 Å². The molecule has 3 aromatic heterocycles. The molecule has 1 amide bonds. The molecule has 4 heterocycles. The van der Waals surface area contributed by atoms with Crippen molar-refractivity contribution in [3.8, 4) is 16.9 Å². The van der Waals surface area contributed by atoms with E-state index in [-0.39, 0.29) is 11.8 Å². The van der Waals surface area contributed by atoms with Gasteiger partial charge in [0.25, 0.3) is 5.91 Å². The van der Waals surface area contributed by atoms with Gasteiger partial charge in [-0.2, -0.15) is 5.10 Å². The molecule has 0 bridgehead atoms. The fourth-order valence-corrected chi connectivity index (χ4v) is 4.04. The zero-order valence-electron chi connectivity index (χ0n) is 17.3. The number of ether oxygens (including phenoxy) is 1. The average Bonchev–Trinajstić information content (AvgIpc) is 3.28. The lowest BCUT2D eigenvalue weighted by molar-refractivity contribution is 0.0705. The van der Waals surface area contributed by atoms with Crippen LogP contribution in [0, 0.1) is 0 Å². The Hall–Kier alpha value is -3.74. The number of benzene rings is 1. The van der Waals surface area contributed by atoms with Crippen LogP contribution in [0.4, 0.5) is 0 Å². The van der Waals surface area contributed by atoms with Crippen LogP contribution in [0.2, 0.25) is 0 Å². The van der Waals surface area contributed by atoms with E-state index in [1.165, 1.54) is 0 Å². The SMILES string of the molecule is COc1cccc(-c2ccc3nc(C4CCN(C(=O)c5ccccn5)CC4)nn3c2)c1. The molecule has 31 heavy (non-hydrogen) atoms. The van der Waals surface area contributed by atoms with Gasteiger partial charge in [0.05, 0.1) is 7.11 Å². The Labute approximate surface area is 180 Å². The third kappa shape index (κ3) is 3.86. The number of hydrogen-bond acceptors (Lipinski definition) is 5. The van der Waals surface area contributed by atoms with E-state index in [4.69, 9.17) is 14.8 Å². The maximum absolute atomic E-state index is 12.6. The topological polar surface area (TPSA) is 72.6 Å². The highest BCUT2D eigenvalue weighted by Gasteiger charge is 2.27. The van der Waals surface area contributed by atoms with Crippen molar-refractivity contribution in [3.63, 3.8) is 0 Å². The summed E-state index contributed by atoms with van der Waals surface area (Å²) in [6.45, 7) is 1.37. The number of nitrogens with zero attached hydrogens (tertiary/aromatic N) is 5. The number of amides is 1. The number of likely N-dealkylation sites (tertiary alicyclic amines) is 1. The Morgan fingerprint density at radius 1 is 1.03 bits per heavy atom. The van der Waals surface area contributed by atoms with Crippen LogP contribution in [-0.4, -0.2) is 50.6 Å². The van der Waals surface area contributed by atoms with E-state index in [0.29, 0.717) is 18.8 Å². The minimum absolute atomic E-state index is 0.00931. The van der Waals surface area contributed by atoms with Gasteiger partial charge in [0.15, 0.2) is 11.5 Å². The summed E-state index contributed by atoms with van der Waals surface area (Å²) < 4.78 is 7.18. The molecule has 156 valence electrons. The largest absolute Gasteiger partial charge is 0.497 e. The Morgan fingerprint density at radius 3 is 2.68 bits per heavy atom.